The van der Waals surface area contributed by atoms with Crippen LogP contribution in [0.25, 0.3) is 11.5 Å². The topological polar surface area (TPSA) is 72.1 Å². The Hall–Kier alpha value is -2.67. The Morgan fingerprint density at radius 3 is 2.46 bits per heavy atom. The van der Waals surface area contributed by atoms with Crippen LogP contribution in [0.3, 0.4) is 0 Å². The van der Waals surface area contributed by atoms with Crippen molar-refractivity contribution >= 4 is 17.7 Å². The number of hydrogen-bond donors (Lipinski definition) is 0. The summed E-state index contributed by atoms with van der Waals surface area (Å²) in [4.78, 5) is 18.0. The maximum atomic E-state index is 12.3. The van der Waals surface area contributed by atoms with Gasteiger partial charge < -0.3 is 9.32 Å². The SMILES string of the molecule is CCc1ccc(CN(C)C(=O)CSc2nnc(-c3ccncc3)o2)cc1. The van der Waals surface area contributed by atoms with Crippen LogP contribution in [0.2, 0.25) is 0 Å². The molecule has 26 heavy (non-hydrogen) atoms. The zero-order valence-corrected chi connectivity index (χ0v) is 15.6. The molecule has 0 unspecified atom stereocenters. The van der Waals surface area contributed by atoms with Gasteiger partial charge >= 0.3 is 0 Å². The molecule has 0 aliphatic heterocycles. The molecule has 0 atom stereocenters. The molecule has 7 heteroatoms. The van der Waals surface area contributed by atoms with Crippen molar-refractivity contribution in [2.24, 2.45) is 0 Å². The molecule has 0 radical (unpaired) electrons. The lowest BCUT2D eigenvalue weighted by Crippen LogP contribution is -2.27. The second-order valence-electron chi connectivity index (χ2n) is 5.82. The van der Waals surface area contributed by atoms with Crippen LogP contribution >= 0.6 is 11.8 Å². The molecular formula is C19H20N4O2S. The van der Waals surface area contributed by atoms with Gasteiger partial charge in [0, 0.05) is 31.5 Å². The normalized spacial score (nSPS) is 10.7. The molecule has 0 bridgehead atoms. The molecule has 1 amide bonds. The van der Waals surface area contributed by atoms with E-state index in [0.29, 0.717) is 17.7 Å². The first kappa shape index (κ1) is 18.1. The number of nitrogens with zero attached hydrogens (tertiary/aromatic N) is 4. The van der Waals surface area contributed by atoms with E-state index in [9.17, 15) is 4.79 Å². The maximum absolute atomic E-state index is 12.3. The molecule has 0 saturated heterocycles. The van der Waals surface area contributed by atoms with E-state index in [0.717, 1.165) is 17.5 Å². The Labute approximate surface area is 156 Å². The summed E-state index contributed by atoms with van der Waals surface area (Å²) in [5.41, 5.74) is 3.21. The number of rotatable bonds is 7. The number of carbonyl (C=O) groups excluding carboxylic acids is 1. The lowest BCUT2D eigenvalue weighted by atomic mass is 10.1. The number of amides is 1. The first-order valence-corrected chi connectivity index (χ1v) is 9.32. The van der Waals surface area contributed by atoms with Crippen molar-refractivity contribution in [3.63, 3.8) is 0 Å². The van der Waals surface area contributed by atoms with E-state index in [2.05, 4.69) is 46.4 Å². The van der Waals surface area contributed by atoms with Gasteiger partial charge in [0.2, 0.25) is 11.8 Å². The molecular weight excluding hydrogens is 348 g/mol. The second kappa shape index (κ2) is 8.62. The van der Waals surface area contributed by atoms with Gasteiger partial charge in [0.25, 0.3) is 5.22 Å². The Morgan fingerprint density at radius 1 is 1.08 bits per heavy atom. The largest absolute Gasteiger partial charge is 0.411 e. The lowest BCUT2D eigenvalue weighted by Gasteiger charge is -2.16. The minimum atomic E-state index is 0.0122. The van der Waals surface area contributed by atoms with Crippen LogP contribution in [-0.4, -0.2) is 38.8 Å². The summed E-state index contributed by atoms with van der Waals surface area (Å²) in [6.45, 7) is 2.70. The maximum Gasteiger partial charge on any atom is 0.277 e. The molecule has 0 spiro atoms. The van der Waals surface area contributed by atoms with Gasteiger partial charge in [0.1, 0.15) is 0 Å². The van der Waals surface area contributed by atoms with Gasteiger partial charge in [-0.1, -0.05) is 43.0 Å². The highest BCUT2D eigenvalue weighted by atomic mass is 32.2. The van der Waals surface area contributed by atoms with E-state index in [1.807, 2.05) is 0 Å². The number of thioether (sulfide) groups is 1. The molecule has 0 aliphatic carbocycles. The van der Waals surface area contributed by atoms with E-state index in [1.165, 1.54) is 17.3 Å². The molecule has 0 fully saturated rings. The summed E-state index contributed by atoms with van der Waals surface area (Å²) < 4.78 is 5.59. The Morgan fingerprint density at radius 2 is 1.77 bits per heavy atom. The Kier molecular flexibility index (Phi) is 6.01. The summed E-state index contributed by atoms with van der Waals surface area (Å²) in [5, 5.41) is 8.37. The van der Waals surface area contributed by atoms with Crippen molar-refractivity contribution in [2.45, 2.75) is 25.1 Å². The summed E-state index contributed by atoms with van der Waals surface area (Å²) in [5.74, 6) is 0.687. The van der Waals surface area contributed by atoms with Crippen LogP contribution in [-0.2, 0) is 17.8 Å². The lowest BCUT2D eigenvalue weighted by molar-refractivity contribution is -0.127. The Balaban J connectivity index is 1.52. The molecule has 3 aromatic rings. The van der Waals surface area contributed by atoms with Crippen LogP contribution < -0.4 is 0 Å². The fraction of sp³-hybridized carbons (Fsp3) is 0.263. The van der Waals surface area contributed by atoms with Crippen molar-refractivity contribution in [3.05, 3.63) is 59.9 Å². The van der Waals surface area contributed by atoms with Crippen molar-refractivity contribution in [2.75, 3.05) is 12.8 Å². The van der Waals surface area contributed by atoms with Crippen molar-refractivity contribution < 1.29 is 9.21 Å². The monoisotopic (exact) mass is 368 g/mol. The predicted molar refractivity (Wildman–Crippen MR) is 101 cm³/mol. The van der Waals surface area contributed by atoms with Crippen LogP contribution in [0, 0.1) is 0 Å². The van der Waals surface area contributed by atoms with Gasteiger partial charge in [-0.3, -0.25) is 9.78 Å². The summed E-state index contributed by atoms with van der Waals surface area (Å²) in [6, 6.07) is 11.9. The molecule has 2 heterocycles. The average Bonchev–Trinajstić information content (AvgIpc) is 3.16. The van der Waals surface area contributed by atoms with Gasteiger partial charge in [-0.15, -0.1) is 10.2 Å². The predicted octanol–water partition coefficient (Wildman–Crippen LogP) is 3.44. The van der Waals surface area contributed by atoms with Crippen LogP contribution in [0.5, 0.6) is 0 Å². The third-order valence-corrected chi connectivity index (χ3v) is 4.73. The molecule has 3 rings (SSSR count). The van der Waals surface area contributed by atoms with Crippen molar-refractivity contribution in [1.82, 2.24) is 20.1 Å². The summed E-state index contributed by atoms with van der Waals surface area (Å²) in [6.07, 6.45) is 4.34. The summed E-state index contributed by atoms with van der Waals surface area (Å²) >= 11 is 1.24. The molecule has 1 aromatic carbocycles. The van der Waals surface area contributed by atoms with Crippen LogP contribution in [0.1, 0.15) is 18.1 Å². The molecule has 0 aliphatic rings. The molecule has 0 saturated carbocycles. The average molecular weight is 368 g/mol. The van der Waals surface area contributed by atoms with E-state index >= 15 is 0 Å². The number of benzene rings is 1. The first-order chi connectivity index (χ1) is 12.7. The number of aryl methyl sites for hydroxylation is 1. The van der Waals surface area contributed by atoms with Gasteiger partial charge in [0.15, 0.2) is 0 Å². The third-order valence-electron chi connectivity index (χ3n) is 3.93. The fourth-order valence-electron chi connectivity index (χ4n) is 2.36. The van der Waals surface area contributed by atoms with Gasteiger partial charge in [-0.25, -0.2) is 0 Å². The van der Waals surface area contributed by atoms with Crippen molar-refractivity contribution in [1.29, 1.82) is 0 Å². The highest BCUT2D eigenvalue weighted by molar-refractivity contribution is 7.99. The van der Waals surface area contributed by atoms with Crippen molar-refractivity contribution in [3.8, 4) is 11.5 Å². The zero-order chi connectivity index (χ0) is 18.4. The van der Waals surface area contributed by atoms with Gasteiger partial charge in [-0.05, 0) is 29.7 Å². The summed E-state index contributed by atoms with van der Waals surface area (Å²) in [7, 11) is 1.80. The number of carbonyl (C=O) groups is 1. The smallest absolute Gasteiger partial charge is 0.277 e. The minimum Gasteiger partial charge on any atom is -0.411 e. The number of aromatic nitrogens is 3. The second-order valence-corrected chi connectivity index (χ2v) is 6.74. The van der Waals surface area contributed by atoms with E-state index in [-0.39, 0.29) is 11.7 Å². The molecule has 0 N–H and O–H groups in total. The van der Waals surface area contributed by atoms with Crippen LogP contribution in [0.4, 0.5) is 0 Å². The number of hydrogen-bond acceptors (Lipinski definition) is 6. The number of pyridine rings is 1. The third kappa shape index (κ3) is 4.70. The Bertz CT molecular complexity index is 849. The van der Waals surface area contributed by atoms with Crippen LogP contribution in [0.15, 0.2) is 58.4 Å². The standard InChI is InChI=1S/C19H20N4O2S/c1-3-14-4-6-15(7-5-14)12-23(2)17(24)13-26-19-22-21-18(25-19)16-8-10-20-11-9-16/h4-11H,3,12-13H2,1-2H3. The van der Waals surface area contributed by atoms with E-state index in [4.69, 9.17) is 4.42 Å². The van der Waals surface area contributed by atoms with E-state index < -0.39 is 0 Å². The molecule has 134 valence electrons. The quantitative estimate of drug-likeness (QED) is 0.595. The molecule has 6 nitrogen and oxygen atoms in total. The zero-order valence-electron chi connectivity index (χ0n) is 14.8. The first-order valence-electron chi connectivity index (χ1n) is 8.34. The highest BCUT2D eigenvalue weighted by Crippen LogP contribution is 2.22. The molecule has 2 aromatic heterocycles. The van der Waals surface area contributed by atoms with E-state index in [1.54, 1.807) is 36.5 Å². The highest BCUT2D eigenvalue weighted by Gasteiger charge is 2.14. The minimum absolute atomic E-state index is 0.0122. The van der Waals surface area contributed by atoms with Gasteiger partial charge in [-0.2, -0.15) is 0 Å². The fourth-order valence-corrected chi connectivity index (χ4v) is 3.06. The van der Waals surface area contributed by atoms with Gasteiger partial charge in [0.05, 0.1) is 5.75 Å².